The zero-order chi connectivity index (χ0) is 23.7. The lowest BCUT2D eigenvalue weighted by molar-refractivity contribution is -0.192. The van der Waals surface area contributed by atoms with Gasteiger partial charge in [-0.25, -0.2) is 18.0 Å². The molecule has 0 spiro atoms. The molecular weight excluding hydrogens is 431 g/mol. The number of nitrogens with zero attached hydrogens (tertiary/aromatic N) is 2. The molecule has 0 radical (unpaired) electrons. The van der Waals surface area contributed by atoms with E-state index in [9.17, 15) is 31.5 Å². The second kappa shape index (κ2) is 11.6. The molecule has 0 atom stereocenters. The van der Waals surface area contributed by atoms with E-state index in [0.29, 0.717) is 18.8 Å². The lowest BCUT2D eigenvalue weighted by Gasteiger charge is -2.26. The molecule has 0 heterocycles. The van der Waals surface area contributed by atoms with Crippen LogP contribution in [0.25, 0.3) is 0 Å². The first-order chi connectivity index (χ1) is 13.6. The van der Waals surface area contributed by atoms with E-state index >= 15 is 0 Å². The van der Waals surface area contributed by atoms with Gasteiger partial charge in [-0.3, -0.25) is 4.72 Å². The third-order valence-corrected chi connectivity index (χ3v) is 4.97. The van der Waals surface area contributed by atoms with Gasteiger partial charge in [0, 0.05) is 25.3 Å². The fourth-order valence-electron chi connectivity index (χ4n) is 2.07. The Hall–Kier alpha value is -2.54. The number of sulfonamides is 1. The Morgan fingerprint density at radius 3 is 2.00 bits per heavy atom. The summed E-state index contributed by atoms with van der Waals surface area (Å²) in [6, 6.07) is 4.60. The van der Waals surface area contributed by atoms with Gasteiger partial charge in [-0.2, -0.15) is 13.2 Å². The number of anilines is 2. The summed E-state index contributed by atoms with van der Waals surface area (Å²) in [5.74, 6) is -3.91. The number of hydrogen-bond donors (Lipinski definition) is 3. The first-order valence-electron chi connectivity index (χ1n) is 8.72. The number of carboxylic acid groups (broad SMARTS) is 2. The predicted octanol–water partition coefficient (Wildman–Crippen LogP) is 2.17. The quantitative estimate of drug-likeness (QED) is 0.515. The number of aromatic carboxylic acids is 1. The average Bonchev–Trinajstić information content (AvgIpc) is 2.62. The van der Waals surface area contributed by atoms with Gasteiger partial charge in [0.2, 0.25) is 10.0 Å². The Balaban J connectivity index is 0.00000103. The van der Waals surface area contributed by atoms with Crippen molar-refractivity contribution >= 4 is 33.3 Å². The van der Waals surface area contributed by atoms with E-state index in [4.69, 9.17) is 9.90 Å². The van der Waals surface area contributed by atoms with Crippen LogP contribution >= 0.6 is 0 Å². The number of benzene rings is 1. The van der Waals surface area contributed by atoms with E-state index < -0.39 is 28.1 Å². The van der Waals surface area contributed by atoms with Gasteiger partial charge in [0.05, 0.1) is 17.0 Å². The minimum atomic E-state index is -5.08. The van der Waals surface area contributed by atoms with Crippen LogP contribution in [0.1, 0.15) is 24.2 Å². The van der Waals surface area contributed by atoms with Crippen LogP contribution in [0.15, 0.2) is 18.2 Å². The van der Waals surface area contributed by atoms with Crippen LogP contribution in [0.2, 0.25) is 0 Å². The van der Waals surface area contributed by atoms with E-state index in [2.05, 4.69) is 4.72 Å². The molecule has 1 aromatic rings. The molecule has 0 aliphatic heterocycles. The first-order valence-corrected chi connectivity index (χ1v) is 10.4. The number of nitrogens with one attached hydrogen (secondary N) is 1. The molecule has 30 heavy (non-hydrogen) atoms. The summed E-state index contributed by atoms with van der Waals surface area (Å²) < 4.78 is 57.4. The van der Waals surface area contributed by atoms with Crippen LogP contribution in [-0.2, 0) is 14.8 Å². The standard InChI is InChI=1S/C15H25N3O4S.C2HF3O2/c1-5-18(10-9-17(3)4)14-8-7-12(11-13(14)15(19)20)16-23(21,22)6-2;3-2(4,5)1(6)7/h7-8,11,16H,5-6,9-10H2,1-4H3,(H,19,20);(H,6,7). The van der Waals surface area contributed by atoms with Gasteiger partial charge in [-0.1, -0.05) is 0 Å². The summed E-state index contributed by atoms with van der Waals surface area (Å²) in [6.07, 6.45) is -5.08. The summed E-state index contributed by atoms with van der Waals surface area (Å²) in [5.41, 5.74) is 0.930. The second-order valence-electron chi connectivity index (χ2n) is 6.23. The fraction of sp³-hybridized carbons (Fsp3) is 0.529. The van der Waals surface area contributed by atoms with Crippen molar-refractivity contribution < 1.29 is 41.4 Å². The van der Waals surface area contributed by atoms with Gasteiger partial charge < -0.3 is 20.0 Å². The molecule has 0 saturated carbocycles. The molecule has 0 bridgehead atoms. The molecular formula is C17H26F3N3O6S. The smallest absolute Gasteiger partial charge is 0.478 e. The van der Waals surface area contributed by atoms with E-state index in [1.807, 2.05) is 30.8 Å². The summed E-state index contributed by atoms with van der Waals surface area (Å²) >= 11 is 0. The third kappa shape index (κ3) is 9.78. The lowest BCUT2D eigenvalue weighted by Crippen LogP contribution is -2.32. The fourth-order valence-corrected chi connectivity index (χ4v) is 2.70. The Bertz CT molecular complexity index is 829. The van der Waals surface area contributed by atoms with Crippen LogP contribution in [0.4, 0.5) is 24.5 Å². The van der Waals surface area contributed by atoms with Crippen molar-refractivity contribution in [2.45, 2.75) is 20.0 Å². The van der Waals surface area contributed by atoms with Gasteiger partial charge in [0.1, 0.15) is 0 Å². The van der Waals surface area contributed by atoms with E-state index in [1.54, 1.807) is 12.1 Å². The highest BCUT2D eigenvalue weighted by Gasteiger charge is 2.38. The minimum absolute atomic E-state index is 0.0684. The third-order valence-electron chi connectivity index (χ3n) is 3.66. The number of halogens is 3. The molecule has 0 amide bonds. The van der Waals surface area contributed by atoms with Crippen molar-refractivity contribution in [1.82, 2.24) is 4.90 Å². The Morgan fingerprint density at radius 1 is 1.10 bits per heavy atom. The van der Waals surface area contributed by atoms with Crippen LogP contribution in [-0.4, -0.2) is 81.1 Å². The maximum atomic E-state index is 11.6. The topological polar surface area (TPSA) is 127 Å². The number of rotatable bonds is 9. The summed E-state index contributed by atoms with van der Waals surface area (Å²) in [5, 5.41) is 16.6. The number of likely N-dealkylation sites (N-methyl/N-ethyl adjacent to an activating group) is 2. The van der Waals surface area contributed by atoms with Crippen LogP contribution in [0.3, 0.4) is 0 Å². The van der Waals surface area contributed by atoms with Crippen LogP contribution in [0, 0.1) is 0 Å². The number of aliphatic carboxylic acids is 1. The summed E-state index contributed by atoms with van der Waals surface area (Å²) in [4.78, 5) is 24.4. The number of carbonyl (C=O) groups is 2. The van der Waals surface area contributed by atoms with Crippen molar-refractivity contribution in [3.05, 3.63) is 23.8 Å². The van der Waals surface area contributed by atoms with Crippen molar-refractivity contribution in [1.29, 1.82) is 0 Å². The molecule has 0 aliphatic carbocycles. The highest BCUT2D eigenvalue weighted by atomic mass is 32.2. The maximum Gasteiger partial charge on any atom is 0.490 e. The summed E-state index contributed by atoms with van der Waals surface area (Å²) in [6.45, 7) is 5.61. The lowest BCUT2D eigenvalue weighted by atomic mass is 10.1. The normalized spacial score (nSPS) is 11.5. The van der Waals surface area contributed by atoms with E-state index in [0.717, 1.165) is 6.54 Å². The maximum absolute atomic E-state index is 11.6. The van der Waals surface area contributed by atoms with Crippen LogP contribution in [0.5, 0.6) is 0 Å². The molecule has 0 saturated heterocycles. The predicted molar refractivity (Wildman–Crippen MR) is 107 cm³/mol. The molecule has 9 nitrogen and oxygen atoms in total. The Kier molecular flexibility index (Phi) is 10.6. The Labute approximate surface area is 173 Å². The Morgan fingerprint density at radius 2 is 1.63 bits per heavy atom. The van der Waals surface area contributed by atoms with Crippen molar-refractivity contribution in [2.24, 2.45) is 0 Å². The highest BCUT2D eigenvalue weighted by Crippen LogP contribution is 2.25. The highest BCUT2D eigenvalue weighted by molar-refractivity contribution is 7.92. The zero-order valence-corrected chi connectivity index (χ0v) is 17.8. The van der Waals surface area contributed by atoms with Crippen molar-refractivity contribution in [3.63, 3.8) is 0 Å². The molecule has 1 rings (SSSR count). The average molecular weight is 457 g/mol. The van der Waals surface area contributed by atoms with Gasteiger partial charge >= 0.3 is 18.1 Å². The van der Waals surface area contributed by atoms with Gasteiger partial charge in [-0.15, -0.1) is 0 Å². The van der Waals surface area contributed by atoms with Gasteiger partial charge in [-0.05, 0) is 46.1 Å². The number of alkyl halides is 3. The SMILES string of the molecule is CCN(CCN(C)C)c1ccc(NS(=O)(=O)CC)cc1C(=O)O.O=C(O)C(F)(F)F. The van der Waals surface area contributed by atoms with Gasteiger partial charge in [0.15, 0.2) is 0 Å². The van der Waals surface area contributed by atoms with E-state index in [1.165, 1.54) is 13.0 Å². The molecule has 3 N–H and O–H groups in total. The molecule has 172 valence electrons. The van der Waals surface area contributed by atoms with E-state index in [-0.39, 0.29) is 17.0 Å². The second-order valence-corrected chi connectivity index (χ2v) is 8.24. The molecule has 0 aliphatic rings. The molecule has 0 aromatic heterocycles. The molecule has 1 aromatic carbocycles. The summed E-state index contributed by atoms with van der Waals surface area (Å²) in [7, 11) is 0.468. The molecule has 13 heteroatoms. The number of hydrogen-bond acceptors (Lipinski definition) is 6. The zero-order valence-electron chi connectivity index (χ0n) is 17.0. The van der Waals surface area contributed by atoms with Crippen LogP contribution < -0.4 is 9.62 Å². The molecule has 0 fully saturated rings. The minimum Gasteiger partial charge on any atom is -0.478 e. The largest absolute Gasteiger partial charge is 0.490 e. The van der Waals surface area contributed by atoms with Crippen molar-refractivity contribution in [2.75, 3.05) is 49.1 Å². The molecule has 0 unspecified atom stereocenters. The van der Waals surface area contributed by atoms with Gasteiger partial charge in [0.25, 0.3) is 0 Å². The first kappa shape index (κ1) is 27.5. The van der Waals surface area contributed by atoms with Crippen molar-refractivity contribution in [3.8, 4) is 0 Å². The monoisotopic (exact) mass is 457 g/mol. The number of carboxylic acids is 2.